The number of carbonyl (C=O) groups excluding carboxylic acids is 1. The molecular weight excluding hydrogens is 322 g/mol. The zero-order valence-electron chi connectivity index (χ0n) is 13.7. The standard InChI is InChI=1S/C19H21NO3S/c1-15-7-9-18(10-8-15)24(22,23)14-16-11-12-20(13-16)19(21)17-5-3-2-4-6-17/h2-10,16H,11-14H2,1H3/t16-/m0/s1. The lowest BCUT2D eigenvalue weighted by Crippen LogP contribution is -2.29. The van der Waals surface area contributed by atoms with Crippen molar-refractivity contribution in [2.24, 2.45) is 5.92 Å². The van der Waals surface area contributed by atoms with Crippen LogP contribution < -0.4 is 0 Å². The Balaban J connectivity index is 1.66. The fourth-order valence-corrected chi connectivity index (χ4v) is 4.70. The maximum atomic E-state index is 12.5. The largest absolute Gasteiger partial charge is 0.338 e. The van der Waals surface area contributed by atoms with Crippen LogP contribution in [0, 0.1) is 12.8 Å². The van der Waals surface area contributed by atoms with E-state index in [9.17, 15) is 13.2 Å². The van der Waals surface area contributed by atoms with Crippen molar-refractivity contribution in [2.45, 2.75) is 18.2 Å². The Bertz CT molecular complexity index is 813. The van der Waals surface area contributed by atoms with Gasteiger partial charge < -0.3 is 4.90 Å². The lowest BCUT2D eigenvalue weighted by Gasteiger charge is -2.16. The number of sulfone groups is 1. The molecule has 0 spiro atoms. The van der Waals surface area contributed by atoms with Crippen molar-refractivity contribution in [3.63, 3.8) is 0 Å². The summed E-state index contributed by atoms with van der Waals surface area (Å²) in [5.74, 6) is 0.0593. The molecule has 0 radical (unpaired) electrons. The first-order valence-corrected chi connectivity index (χ1v) is 9.75. The van der Waals surface area contributed by atoms with Gasteiger partial charge in [-0.2, -0.15) is 0 Å². The Morgan fingerprint density at radius 1 is 1.08 bits per heavy atom. The van der Waals surface area contributed by atoms with Gasteiger partial charge in [0.1, 0.15) is 0 Å². The number of hydrogen-bond acceptors (Lipinski definition) is 3. The Hall–Kier alpha value is -2.14. The van der Waals surface area contributed by atoms with Gasteiger partial charge >= 0.3 is 0 Å². The first-order chi connectivity index (χ1) is 11.5. The maximum Gasteiger partial charge on any atom is 0.253 e. The first-order valence-electron chi connectivity index (χ1n) is 8.09. The molecule has 0 saturated carbocycles. The number of hydrogen-bond donors (Lipinski definition) is 0. The second-order valence-corrected chi connectivity index (χ2v) is 8.40. The van der Waals surface area contributed by atoms with E-state index < -0.39 is 9.84 Å². The summed E-state index contributed by atoms with van der Waals surface area (Å²) >= 11 is 0. The van der Waals surface area contributed by atoms with Crippen LogP contribution in [0.1, 0.15) is 22.3 Å². The summed E-state index contributed by atoms with van der Waals surface area (Å²) in [5.41, 5.74) is 1.69. The third kappa shape index (κ3) is 3.67. The van der Waals surface area contributed by atoms with Crippen molar-refractivity contribution < 1.29 is 13.2 Å². The molecule has 0 N–H and O–H groups in total. The van der Waals surface area contributed by atoms with Crippen LogP contribution >= 0.6 is 0 Å². The highest BCUT2D eigenvalue weighted by Gasteiger charge is 2.30. The lowest BCUT2D eigenvalue weighted by molar-refractivity contribution is 0.0788. The van der Waals surface area contributed by atoms with Gasteiger partial charge in [0.2, 0.25) is 0 Å². The molecule has 0 aromatic heterocycles. The molecule has 1 amide bonds. The summed E-state index contributed by atoms with van der Waals surface area (Å²) in [4.78, 5) is 14.6. The monoisotopic (exact) mass is 343 g/mol. The molecule has 1 saturated heterocycles. The zero-order valence-corrected chi connectivity index (χ0v) is 14.5. The quantitative estimate of drug-likeness (QED) is 0.858. The van der Waals surface area contributed by atoms with Gasteiger partial charge in [-0.3, -0.25) is 4.79 Å². The molecule has 1 fully saturated rings. The van der Waals surface area contributed by atoms with Gasteiger partial charge in [0.15, 0.2) is 9.84 Å². The normalized spacial score (nSPS) is 17.9. The van der Waals surface area contributed by atoms with Crippen molar-refractivity contribution >= 4 is 15.7 Å². The molecular formula is C19H21NO3S. The smallest absolute Gasteiger partial charge is 0.253 e. The maximum absolute atomic E-state index is 12.5. The highest BCUT2D eigenvalue weighted by Crippen LogP contribution is 2.23. The SMILES string of the molecule is Cc1ccc(S(=O)(=O)C[C@H]2CCN(C(=O)c3ccccc3)C2)cc1. The van der Waals surface area contributed by atoms with Crippen LogP contribution in [0.15, 0.2) is 59.5 Å². The minimum absolute atomic E-state index is 0.0102. The summed E-state index contributed by atoms with van der Waals surface area (Å²) in [7, 11) is -3.31. The molecule has 0 unspecified atom stereocenters. The van der Waals surface area contributed by atoms with E-state index in [1.807, 2.05) is 37.3 Å². The van der Waals surface area contributed by atoms with E-state index in [-0.39, 0.29) is 17.6 Å². The average Bonchev–Trinajstić information content (AvgIpc) is 3.03. The van der Waals surface area contributed by atoms with E-state index in [1.165, 1.54) is 0 Å². The van der Waals surface area contributed by atoms with Crippen molar-refractivity contribution in [2.75, 3.05) is 18.8 Å². The van der Waals surface area contributed by atoms with Gasteiger partial charge in [0, 0.05) is 18.7 Å². The molecule has 1 atom stereocenters. The van der Waals surface area contributed by atoms with Crippen molar-refractivity contribution in [1.29, 1.82) is 0 Å². The van der Waals surface area contributed by atoms with E-state index in [2.05, 4.69) is 0 Å². The number of carbonyl (C=O) groups is 1. The van der Waals surface area contributed by atoms with Crippen LogP contribution in [0.2, 0.25) is 0 Å². The predicted octanol–water partition coefficient (Wildman–Crippen LogP) is 2.93. The average molecular weight is 343 g/mol. The van der Waals surface area contributed by atoms with Gasteiger partial charge in [-0.15, -0.1) is 0 Å². The van der Waals surface area contributed by atoms with Crippen molar-refractivity contribution in [3.8, 4) is 0 Å². The highest BCUT2D eigenvalue weighted by molar-refractivity contribution is 7.91. The highest BCUT2D eigenvalue weighted by atomic mass is 32.2. The summed E-state index contributed by atoms with van der Waals surface area (Å²) in [6.45, 7) is 3.04. The molecule has 0 bridgehead atoms. The summed E-state index contributed by atoms with van der Waals surface area (Å²) < 4.78 is 25.1. The number of likely N-dealkylation sites (tertiary alicyclic amines) is 1. The van der Waals surface area contributed by atoms with E-state index >= 15 is 0 Å². The zero-order chi connectivity index (χ0) is 17.2. The topological polar surface area (TPSA) is 54.5 Å². The summed E-state index contributed by atoms with van der Waals surface area (Å²) in [6, 6.07) is 16.1. The molecule has 2 aromatic carbocycles. The van der Waals surface area contributed by atoms with Crippen LogP contribution in [0.3, 0.4) is 0 Å². The lowest BCUT2D eigenvalue weighted by atomic mass is 10.1. The number of benzene rings is 2. The third-order valence-corrected chi connectivity index (χ3v) is 6.33. The van der Waals surface area contributed by atoms with Crippen LogP contribution in [0.5, 0.6) is 0 Å². The molecule has 1 aliphatic rings. The molecule has 1 aliphatic heterocycles. The Labute approximate surface area is 143 Å². The van der Waals surface area contributed by atoms with E-state index in [0.29, 0.717) is 23.5 Å². The molecule has 2 aromatic rings. The Morgan fingerprint density at radius 3 is 2.42 bits per heavy atom. The van der Waals surface area contributed by atoms with Crippen LogP contribution in [0.4, 0.5) is 0 Å². The molecule has 4 nitrogen and oxygen atoms in total. The number of rotatable bonds is 4. The van der Waals surface area contributed by atoms with Gasteiger partial charge in [-0.05, 0) is 43.5 Å². The van der Waals surface area contributed by atoms with E-state index in [1.54, 1.807) is 29.2 Å². The van der Waals surface area contributed by atoms with E-state index in [0.717, 1.165) is 12.0 Å². The van der Waals surface area contributed by atoms with E-state index in [4.69, 9.17) is 0 Å². The Morgan fingerprint density at radius 2 is 1.75 bits per heavy atom. The molecule has 24 heavy (non-hydrogen) atoms. The first kappa shape index (κ1) is 16.7. The number of aryl methyl sites for hydroxylation is 1. The fourth-order valence-electron chi connectivity index (χ4n) is 3.07. The minimum atomic E-state index is -3.31. The second kappa shape index (κ2) is 6.77. The molecule has 3 rings (SSSR count). The summed E-state index contributed by atoms with van der Waals surface area (Å²) in [5, 5.41) is 0. The van der Waals surface area contributed by atoms with Crippen molar-refractivity contribution in [3.05, 3.63) is 65.7 Å². The Kier molecular flexibility index (Phi) is 4.71. The van der Waals surface area contributed by atoms with Crippen molar-refractivity contribution in [1.82, 2.24) is 4.90 Å². The van der Waals surface area contributed by atoms with Crippen LogP contribution in [0.25, 0.3) is 0 Å². The van der Waals surface area contributed by atoms with Gasteiger partial charge in [-0.25, -0.2) is 8.42 Å². The summed E-state index contributed by atoms with van der Waals surface area (Å²) in [6.07, 6.45) is 0.726. The van der Waals surface area contributed by atoms with Crippen LogP contribution in [-0.2, 0) is 9.84 Å². The number of nitrogens with zero attached hydrogens (tertiary/aromatic N) is 1. The molecule has 0 aliphatic carbocycles. The van der Waals surface area contributed by atoms with Gasteiger partial charge in [-0.1, -0.05) is 35.9 Å². The fraction of sp³-hybridized carbons (Fsp3) is 0.316. The molecule has 126 valence electrons. The second-order valence-electron chi connectivity index (χ2n) is 6.37. The third-order valence-electron chi connectivity index (χ3n) is 4.43. The minimum Gasteiger partial charge on any atom is -0.338 e. The van der Waals surface area contributed by atoms with Crippen LogP contribution in [-0.4, -0.2) is 38.1 Å². The molecule has 1 heterocycles. The number of amides is 1. The van der Waals surface area contributed by atoms with Gasteiger partial charge in [0.05, 0.1) is 10.6 Å². The predicted molar refractivity (Wildman–Crippen MR) is 93.7 cm³/mol. The van der Waals surface area contributed by atoms with Gasteiger partial charge in [0.25, 0.3) is 5.91 Å². The molecule has 5 heteroatoms.